The first-order valence-corrected chi connectivity index (χ1v) is 7.42. The minimum atomic E-state index is -0.635. The van der Waals surface area contributed by atoms with E-state index in [0.717, 1.165) is 0 Å². The van der Waals surface area contributed by atoms with Gasteiger partial charge in [0.15, 0.2) is 10.7 Å². The molecule has 1 heterocycles. The van der Waals surface area contributed by atoms with Gasteiger partial charge in [-0.05, 0) is 19.1 Å². The van der Waals surface area contributed by atoms with Crippen molar-refractivity contribution in [1.29, 1.82) is 0 Å². The molecule has 1 saturated carbocycles. The fraction of sp³-hybridized carbons (Fsp3) is 0.583. The lowest BCUT2D eigenvalue weighted by molar-refractivity contribution is 0.0591. The third-order valence-electron chi connectivity index (χ3n) is 3.09. The van der Waals surface area contributed by atoms with Crippen LogP contribution in [0.2, 0.25) is 0 Å². The number of anilines is 1. The van der Waals surface area contributed by atoms with Crippen LogP contribution in [0.4, 0.5) is 5.82 Å². The molecule has 1 aromatic rings. The number of aromatic nitrogens is 2. The number of aliphatic hydroxyl groups is 1. The van der Waals surface area contributed by atoms with Gasteiger partial charge in [0, 0.05) is 6.42 Å². The molecule has 0 aromatic carbocycles. The van der Waals surface area contributed by atoms with Crippen molar-refractivity contribution in [2.24, 2.45) is 0 Å². The van der Waals surface area contributed by atoms with Gasteiger partial charge in [-0.2, -0.15) is 4.98 Å². The van der Waals surface area contributed by atoms with Crippen LogP contribution in [0, 0.1) is 0 Å². The summed E-state index contributed by atoms with van der Waals surface area (Å²) in [7, 11) is 1.26. The summed E-state index contributed by atoms with van der Waals surface area (Å²) in [6.07, 6.45) is 3.14. The highest BCUT2D eigenvalue weighted by Gasteiger charge is 2.28. The molecule has 110 valence electrons. The second kappa shape index (κ2) is 6.27. The summed E-state index contributed by atoms with van der Waals surface area (Å²) in [5, 5.41) is 9.94. The Kier molecular flexibility index (Phi) is 4.66. The smallest absolute Gasteiger partial charge is 0.347 e. The molecule has 0 spiro atoms. The Hall–Kier alpha value is -1.54. The van der Waals surface area contributed by atoms with Crippen LogP contribution in [0.15, 0.2) is 5.16 Å². The van der Waals surface area contributed by atoms with Gasteiger partial charge in [0.25, 0.3) is 0 Å². The quantitative estimate of drug-likeness (QED) is 0.479. The molecule has 7 nitrogen and oxygen atoms in total. The standard InChI is InChI=1S/C12H17N3O4S/c1-18-11(17)8-9(13)14-12(20-2)15-10(8)19-7-4-3-6(16)5-7/h6-7,16H,3-5H2,1-2H3,(H2,13,14,15)/t6-,7+/m1/s1. The summed E-state index contributed by atoms with van der Waals surface area (Å²) in [5.41, 5.74) is 5.82. The van der Waals surface area contributed by atoms with Crippen LogP contribution in [0.25, 0.3) is 0 Å². The van der Waals surface area contributed by atoms with Gasteiger partial charge in [-0.1, -0.05) is 11.8 Å². The van der Waals surface area contributed by atoms with Crippen molar-refractivity contribution in [3.63, 3.8) is 0 Å². The number of carbonyl (C=O) groups excluding carboxylic acids is 1. The maximum absolute atomic E-state index is 11.8. The molecule has 0 amide bonds. The van der Waals surface area contributed by atoms with Gasteiger partial charge in [-0.15, -0.1) is 0 Å². The van der Waals surface area contributed by atoms with Gasteiger partial charge >= 0.3 is 5.97 Å². The van der Waals surface area contributed by atoms with Gasteiger partial charge < -0.3 is 20.3 Å². The van der Waals surface area contributed by atoms with Crippen LogP contribution in [-0.4, -0.2) is 46.6 Å². The van der Waals surface area contributed by atoms with Gasteiger partial charge in [0.1, 0.15) is 11.9 Å². The molecule has 1 fully saturated rings. The average Bonchev–Trinajstić information content (AvgIpc) is 2.82. The largest absolute Gasteiger partial charge is 0.473 e. The van der Waals surface area contributed by atoms with E-state index in [1.165, 1.54) is 18.9 Å². The minimum Gasteiger partial charge on any atom is -0.473 e. The van der Waals surface area contributed by atoms with E-state index in [-0.39, 0.29) is 29.5 Å². The predicted molar refractivity (Wildman–Crippen MR) is 73.8 cm³/mol. The van der Waals surface area contributed by atoms with Crippen molar-refractivity contribution in [3.8, 4) is 5.88 Å². The first kappa shape index (κ1) is 14.9. The number of methoxy groups -OCH3 is 1. The van der Waals surface area contributed by atoms with Crippen LogP contribution < -0.4 is 10.5 Å². The lowest BCUT2D eigenvalue weighted by Crippen LogP contribution is -2.19. The van der Waals surface area contributed by atoms with Gasteiger partial charge in [-0.25, -0.2) is 9.78 Å². The maximum Gasteiger partial charge on any atom is 0.347 e. The third-order valence-corrected chi connectivity index (χ3v) is 3.64. The van der Waals surface area contributed by atoms with Gasteiger partial charge in [0.05, 0.1) is 13.2 Å². The first-order valence-electron chi connectivity index (χ1n) is 6.19. The summed E-state index contributed by atoms with van der Waals surface area (Å²) in [6, 6.07) is 0. The van der Waals surface area contributed by atoms with E-state index < -0.39 is 5.97 Å². The zero-order valence-electron chi connectivity index (χ0n) is 11.3. The summed E-state index contributed by atoms with van der Waals surface area (Å²) in [5.74, 6) is -0.485. The number of nitrogens with two attached hydrogens (primary N) is 1. The predicted octanol–water partition coefficient (Wildman–Crippen LogP) is 0.859. The molecule has 1 aliphatic rings. The molecule has 2 atom stereocenters. The Morgan fingerprint density at radius 2 is 2.20 bits per heavy atom. The number of nitrogens with zero attached hydrogens (tertiary/aromatic N) is 2. The number of hydrogen-bond acceptors (Lipinski definition) is 8. The van der Waals surface area contributed by atoms with E-state index in [4.69, 9.17) is 10.5 Å². The van der Waals surface area contributed by atoms with E-state index in [0.29, 0.717) is 24.4 Å². The lowest BCUT2D eigenvalue weighted by atomic mass is 10.2. The van der Waals surface area contributed by atoms with Crippen molar-refractivity contribution in [1.82, 2.24) is 9.97 Å². The van der Waals surface area contributed by atoms with Gasteiger partial charge in [0.2, 0.25) is 5.88 Å². The fourth-order valence-electron chi connectivity index (χ4n) is 2.09. The number of carbonyl (C=O) groups is 1. The molecule has 0 aliphatic heterocycles. The Balaban J connectivity index is 2.32. The highest BCUT2D eigenvalue weighted by Crippen LogP contribution is 2.29. The average molecular weight is 299 g/mol. The molecule has 1 aromatic heterocycles. The SMILES string of the molecule is COC(=O)c1c(N)nc(SC)nc1O[C@H]1CC[C@@H](O)C1. The number of hydrogen-bond donors (Lipinski definition) is 2. The van der Waals surface area contributed by atoms with Crippen molar-refractivity contribution in [2.45, 2.75) is 36.6 Å². The van der Waals surface area contributed by atoms with E-state index in [2.05, 4.69) is 14.7 Å². The molecule has 0 saturated heterocycles. The molecular weight excluding hydrogens is 282 g/mol. The topological polar surface area (TPSA) is 108 Å². The summed E-state index contributed by atoms with van der Waals surface area (Å²) in [6.45, 7) is 0. The van der Waals surface area contributed by atoms with E-state index >= 15 is 0 Å². The Bertz CT molecular complexity index is 512. The van der Waals surface area contributed by atoms with Crippen LogP contribution in [0.1, 0.15) is 29.6 Å². The number of esters is 1. The lowest BCUT2D eigenvalue weighted by Gasteiger charge is -2.16. The normalized spacial score (nSPS) is 21.8. The summed E-state index contributed by atoms with van der Waals surface area (Å²) >= 11 is 1.30. The highest BCUT2D eigenvalue weighted by atomic mass is 32.2. The molecule has 20 heavy (non-hydrogen) atoms. The molecule has 3 N–H and O–H groups in total. The molecule has 0 bridgehead atoms. The number of aliphatic hydroxyl groups excluding tert-OH is 1. The van der Waals surface area contributed by atoms with E-state index in [1.807, 2.05) is 0 Å². The van der Waals surface area contributed by atoms with Gasteiger partial charge in [-0.3, -0.25) is 0 Å². The van der Waals surface area contributed by atoms with Crippen molar-refractivity contribution in [2.75, 3.05) is 19.1 Å². The van der Waals surface area contributed by atoms with Crippen LogP contribution in [0.3, 0.4) is 0 Å². The molecular formula is C12H17N3O4S. The number of thioether (sulfide) groups is 1. The molecule has 0 radical (unpaired) electrons. The molecule has 8 heteroatoms. The van der Waals surface area contributed by atoms with Crippen molar-refractivity contribution >= 4 is 23.5 Å². The van der Waals surface area contributed by atoms with Crippen molar-refractivity contribution in [3.05, 3.63) is 5.56 Å². The Morgan fingerprint density at radius 3 is 2.75 bits per heavy atom. The Labute approximate surface area is 120 Å². The summed E-state index contributed by atoms with van der Waals surface area (Å²) < 4.78 is 10.4. The minimum absolute atomic E-state index is 0.0322. The molecule has 1 aliphatic carbocycles. The number of ether oxygens (including phenoxy) is 2. The van der Waals surface area contributed by atoms with Crippen LogP contribution in [-0.2, 0) is 4.74 Å². The van der Waals surface area contributed by atoms with Crippen LogP contribution in [0.5, 0.6) is 5.88 Å². The molecule has 2 rings (SSSR count). The zero-order chi connectivity index (χ0) is 14.7. The zero-order valence-corrected chi connectivity index (χ0v) is 12.1. The van der Waals surface area contributed by atoms with E-state index in [9.17, 15) is 9.90 Å². The van der Waals surface area contributed by atoms with Crippen molar-refractivity contribution < 1.29 is 19.4 Å². The fourth-order valence-corrected chi connectivity index (χ4v) is 2.45. The highest BCUT2D eigenvalue weighted by molar-refractivity contribution is 7.98. The second-order valence-electron chi connectivity index (χ2n) is 4.47. The monoisotopic (exact) mass is 299 g/mol. The number of nitrogen functional groups attached to an aromatic ring is 1. The second-order valence-corrected chi connectivity index (χ2v) is 5.25. The third kappa shape index (κ3) is 3.13. The number of rotatable bonds is 4. The summed E-state index contributed by atoms with van der Waals surface area (Å²) in [4.78, 5) is 20.0. The molecule has 0 unspecified atom stereocenters. The van der Waals surface area contributed by atoms with E-state index in [1.54, 1.807) is 6.26 Å². The maximum atomic E-state index is 11.8. The van der Waals surface area contributed by atoms with Crippen LogP contribution >= 0.6 is 11.8 Å². The first-order chi connectivity index (χ1) is 9.55. The Morgan fingerprint density at radius 1 is 1.45 bits per heavy atom.